The van der Waals surface area contributed by atoms with Gasteiger partial charge in [-0.05, 0) is 19.3 Å². The first-order chi connectivity index (χ1) is 7.86. The van der Waals surface area contributed by atoms with Crippen LogP contribution in [0.4, 0.5) is 11.5 Å². The minimum absolute atomic E-state index is 0.483. The zero-order valence-electron chi connectivity index (χ0n) is 9.02. The molecule has 1 aliphatic heterocycles. The molecule has 0 aromatic carbocycles. The van der Waals surface area contributed by atoms with Crippen molar-refractivity contribution in [3.63, 3.8) is 0 Å². The van der Waals surface area contributed by atoms with Gasteiger partial charge in [0.05, 0.1) is 17.8 Å². The summed E-state index contributed by atoms with van der Waals surface area (Å²) < 4.78 is 5.27. The van der Waals surface area contributed by atoms with E-state index in [1.165, 1.54) is 19.3 Å². The molecule has 5 nitrogen and oxygen atoms in total. The monoisotopic (exact) mass is 218 g/mol. The van der Waals surface area contributed by atoms with Gasteiger partial charge >= 0.3 is 0 Å². The van der Waals surface area contributed by atoms with Gasteiger partial charge in [0.25, 0.3) is 0 Å². The third-order valence-electron chi connectivity index (χ3n) is 3.10. The molecule has 0 atom stereocenters. The van der Waals surface area contributed by atoms with E-state index in [1.807, 2.05) is 0 Å². The third kappa shape index (κ3) is 1.39. The number of hydrogen-bond donors (Lipinski definition) is 1. The van der Waals surface area contributed by atoms with Gasteiger partial charge in [-0.2, -0.15) is 0 Å². The first-order valence-electron chi connectivity index (χ1n) is 5.60. The molecule has 2 aromatic rings. The SMILES string of the molecule is Nc1ncc(N2CCCCC2)c2oncc12. The second-order valence-electron chi connectivity index (χ2n) is 4.14. The van der Waals surface area contributed by atoms with Crippen LogP contribution in [-0.4, -0.2) is 23.2 Å². The van der Waals surface area contributed by atoms with E-state index >= 15 is 0 Å². The zero-order chi connectivity index (χ0) is 11.0. The van der Waals surface area contributed by atoms with E-state index in [0.717, 1.165) is 29.7 Å². The summed E-state index contributed by atoms with van der Waals surface area (Å²) in [6, 6.07) is 0. The van der Waals surface area contributed by atoms with Gasteiger partial charge in [0, 0.05) is 13.1 Å². The van der Waals surface area contributed by atoms with E-state index in [1.54, 1.807) is 12.4 Å². The van der Waals surface area contributed by atoms with Crippen LogP contribution in [0.3, 0.4) is 0 Å². The third-order valence-corrected chi connectivity index (χ3v) is 3.10. The van der Waals surface area contributed by atoms with Gasteiger partial charge in [-0.25, -0.2) is 4.98 Å². The minimum atomic E-state index is 0.483. The number of nitrogen functional groups attached to an aromatic ring is 1. The van der Waals surface area contributed by atoms with Gasteiger partial charge in [-0.3, -0.25) is 0 Å². The minimum Gasteiger partial charge on any atom is -0.383 e. The van der Waals surface area contributed by atoms with Crippen LogP contribution >= 0.6 is 0 Å². The highest BCUT2D eigenvalue weighted by atomic mass is 16.5. The van der Waals surface area contributed by atoms with Gasteiger partial charge < -0.3 is 15.2 Å². The average molecular weight is 218 g/mol. The van der Waals surface area contributed by atoms with Crippen molar-refractivity contribution in [2.45, 2.75) is 19.3 Å². The van der Waals surface area contributed by atoms with Crippen molar-refractivity contribution in [3.8, 4) is 0 Å². The van der Waals surface area contributed by atoms with Crippen molar-refractivity contribution in [2.24, 2.45) is 0 Å². The molecule has 1 saturated heterocycles. The van der Waals surface area contributed by atoms with Crippen molar-refractivity contribution < 1.29 is 4.52 Å². The molecule has 5 heteroatoms. The highest BCUT2D eigenvalue weighted by Crippen LogP contribution is 2.30. The fourth-order valence-electron chi connectivity index (χ4n) is 2.23. The summed E-state index contributed by atoms with van der Waals surface area (Å²) in [5, 5.41) is 4.60. The molecule has 0 unspecified atom stereocenters. The zero-order valence-corrected chi connectivity index (χ0v) is 9.02. The topological polar surface area (TPSA) is 68.2 Å². The Morgan fingerprint density at radius 3 is 2.81 bits per heavy atom. The molecule has 0 radical (unpaired) electrons. The van der Waals surface area contributed by atoms with Crippen molar-refractivity contribution >= 4 is 22.5 Å². The van der Waals surface area contributed by atoms with Crippen LogP contribution in [-0.2, 0) is 0 Å². The Morgan fingerprint density at radius 2 is 2.00 bits per heavy atom. The Labute approximate surface area is 93.2 Å². The first kappa shape index (κ1) is 9.45. The summed E-state index contributed by atoms with van der Waals surface area (Å²) in [6.45, 7) is 2.11. The number of hydrogen-bond acceptors (Lipinski definition) is 5. The molecule has 1 aliphatic rings. The number of piperidine rings is 1. The summed E-state index contributed by atoms with van der Waals surface area (Å²) >= 11 is 0. The lowest BCUT2D eigenvalue weighted by atomic mass is 10.1. The smallest absolute Gasteiger partial charge is 0.195 e. The van der Waals surface area contributed by atoms with Gasteiger partial charge in [0.15, 0.2) is 5.58 Å². The highest BCUT2D eigenvalue weighted by Gasteiger charge is 2.17. The fraction of sp³-hybridized carbons (Fsp3) is 0.455. The standard InChI is InChI=1S/C11H14N4O/c12-11-8-6-14-16-10(8)9(7-13-11)15-4-2-1-3-5-15/h6-7H,1-5H2,(H2,12,13). The second-order valence-corrected chi connectivity index (χ2v) is 4.14. The van der Waals surface area contributed by atoms with Gasteiger partial charge in [0.1, 0.15) is 11.5 Å². The maximum Gasteiger partial charge on any atom is 0.195 e. The van der Waals surface area contributed by atoms with Gasteiger partial charge in [0.2, 0.25) is 0 Å². The Morgan fingerprint density at radius 1 is 1.19 bits per heavy atom. The number of anilines is 2. The lowest BCUT2D eigenvalue weighted by Gasteiger charge is -2.28. The van der Waals surface area contributed by atoms with E-state index in [4.69, 9.17) is 10.3 Å². The van der Waals surface area contributed by atoms with Crippen LogP contribution in [0.25, 0.3) is 11.0 Å². The van der Waals surface area contributed by atoms with Crippen molar-refractivity contribution in [2.75, 3.05) is 23.7 Å². The van der Waals surface area contributed by atoms with Crippen LogP contribution in [0, 0.1) is 0 Å². The van der Waals surface area contributed by atoms with E-state index < -0.39 is 0 Å². The molecule has 84 valence electrons. The highest BCUT2D eigenvalue weighted by molar-refractivity contribution is 5.94. The number of aromatic nitrogens is 2. The molecular weight excluding hydrogens is 204 g/mol. The van der Waals surface area contributed by atoms with E-state index in [9.17, 15) is 0 Å². The fourth-order valence-corrected chi connectivity index (χ4v) is 2.23. The van der Waals surface area contributed by atoms with Crippen LogP contribution in [0.5, 0.6) is 0 Å². The molecule has 0 amide bonds. The quantitative estimate of drug-likeness (QED) is 0.790. The van der Waals surface area contributed by atoms with Crippen LogP contribution in [0.2, 0.25) is 0 Å². The van der Waals surface area contributed by atoms with Crippen molar-refractivity contribution in [3.05, 3.63) is 12.4 Å². The Hall–Kier alpha value is -1.78. The second kappa shape index (κ2) is 3.66. The van der Waals surface area contributed by atoms with Crippen molar-refractivity contribution in [1.29, 1.82) is 0 Å². The molecule has 0 aliphatic carbocycles. The van der Waals surface area contributed by atoms with E-state index in [-0.39, 0.29) is 0 Å². The number of pyridine rings is 1. The van der Waals surface area contributed by atoms with Gasteiger partial charge in [-0.1, -0.05) is 5.16 Å². The summed E-state index contributed by atoms with van der Waals surface area (Å²) in [4.78, 5) is 6.49. The molecule has 0 saturated carbocycles. The number of fused-ring (bicyclic) bond motifs is 1. The maximum absolute atomic E-state index is 5.77. The number of nitrogens with zero attached hydrogens (tertiary/aromatic N) is 3. The molecule has 3 rings (SSSR count). The van der Waals surface area contributed by atoms with E-state index in [0.29, 0.717) is 5.82 Å². The summed E-state index contributed by atoms with van der Waals surface area (Å²) in [5.41, 5.74) is 7.54. The molecular formula is C11H14N4O. The van der Waals surface area contributed by atoms with Gasteiger partial charge in [-0.15, -0.1) is 0 Å². The molecule has 0 spiro atoms. The van der Waals surface area contributed by atoms with Crippen LogP contribution < -0.4 is 10.6 Å². The van der Waals surface area contributed by atoms with Crippen LogP contribution in [0.15, 0.2) is 16.9 Å². The molecule has 2 aromatic heterocycles. The number of rotatable bonds is 1. The van der Waals surface area contributed by atoms with Crippen LogP contribution in [0.1, 0.15) is 19.3 Å². The van der Waals surface area contributed by atoms with E-state index in [2.05, 4.69) is 15.0 Å². The summed E-state index contributed by atoms with van der Waals surface area (Å²) in [6.07, 6.45) is 7.16. The van der Waals surface area contributed by atoms with Crippen molar-refractivity contribution in [1.82, 2.24) is 10.1 Å². The Kier molecular flexibility index (Phi) is 2.16. The Bertz CT molecular complexity index is 502. The lowest BCUT2D eigenvalue weighted by Crippen LogP contribution is -2.29. The predicted octanol–water partition coefficient (Wildman–Crippen LogP) is 1.80. The number of nitrogens with two attached hydrogens (primary N) is 1. The molecule has 0 bridgehead atoms. The summed E-state index contributed by atoms with van der Waals surface area (Å²) in [5.74, 6) is 0.483. The molecule has 3 heterocycles. The summed E-state index contributed by atoms with van der Waals surface area (Å²) in [7, 11) is 0. The first-order valence-corrected chi connectivity index (χ1v) is 5.60. The Balaban J connectivity index is 2.08. The predicted molar refractivity (Wildman–Crippen MR) is 62.3 cm³/mol. The largest absolute Gasteiger partial charge is 0.383 e. The average Bonchev–Trinajstić information content (AvgIpc) is 2.81. The maximum atomic E-state index is 5.77. The molecule has 16 heavy (non-hydrogen) atoms. The molecule has 1 fully saturated rings. The lowest BCUT2D eigenvalue weighted by molar-refractivity contribution is 0.454. The molecule has 2 N–H and O–H groups in total. The normalized spacial score (nSPS) is 16.9.